The number of aliphatic hydroxyl groups excluding tert-OH is 1. The van der Waals surface area contributed by atoms with E-state index in [2.05, 4.69) is 34.8 Å². The van der Waals surface area contributed by atoms with Gasteiger partial charge in [-0.15, -0.1) is 0 Å². The summed E-state index contributed by atoms with van der Waals surface area (Å²) < 4.78 is 20.6. The van der Waals surface area contributed by atoms with Crippen molar-refractivity contribution in [2.45, 2.75) is 57.9 Å². The molecule has 2 aromatic carbocycles. The zero-order valence-electron chi connectivity index (χ0n) is 31.4. The fourth-order valence-electron chi connectivity index (χ4n) is 6.65. The van der Waals surface area contributed by atoms with Crippen LogP contribution in [-0.2, 0) is 23.6 Å². The highest BCUT2D eigenvalue weighted by molar-refractivity contribution is 6.05. The van der Waals surface area contributed by atoms with E-state index in [9.17, 15) is 19.5 Å². The molecular formula is C40H49N7O7. The minimum absolute atomic E-state index is 0.00708. The molecule has 2 aromatic heterocycles. The van der Waals surface area contributed by atoms with Crippen molar-refractivity contribution in [1.82, 2.24) is 19.4 Å². The van der Waals surface area contributed by atoms with E-state index in [4.69, 9.17) is 14.2 Å². The molecule has 1 saturated heterocycles. The molecule has 0 bridgehead atoms. The fourth-order valence-corrected chi connectivity index (χ4v) is 6.65. The van der Waals surface area contributed by atoms with Crippen LogP contribution in [0.15, 0.2) is 65.9 Å². The van der Waals surface area contributed by atoms with E-state index in [1.165, 1.54) is 7.11 Å². The highest BCUT2D eigenvalue weighted by Gasteiger charge is 2.32. The second kappa shape index (κ2) is 17.1. The minimum Gasteiger partial charge on any atom is -0.493 e. The number of anilines is 2. The van der Waals surface area contributed by atoms with Crippen molar-refractivity contribution in [1.29, 1.82) is 0 Å². The fraction of sp³-hybridized carbons (Fsp3) is 0.400. The smallest absolute Gasteiger partial charge is 0.272 e. The van der Waals surface area contributed by atoms with Crippen LogP contribution in [0.2, 0.25) is 0 Å². The standard InChI is InChI=1S/C40H49N7O7/c1-25(2)41-14-17-54-40(51)34-18-27(23-45(34)3)26-10-12-28(13-11-26)44-38(49)33-19-29(24-46(33)4)43-37(48)9-7-16-53-36-21-32-31(20-35(36)52-5)39(50)47-15-6-8-30(47)22-42-32/h10-13,18-25,30,40-41,51H,6-9,14-17H2,1-5H3,(H,43,48)(H,44,49). The average Bonchev–Trinajstić information content (AvgIpc) is 3.87. The molecule has 54 heavy (non-hydrogen) atoms. The number of rotatable bonds is 16. The maximum Gasteiger partial charge on any atom is 0.272 e. The Bertz CT molecular complexity index is 2000. The third-order valence-electron chi connectivity index (χ3n) is 9.49. The molecule has 286 valence electrons. The van der Waals surface area contributed by atoms with Gasteiger partial charge in [-0.2, -0.15) is 0 Å². The number of ether oxygens (including phenoxy) is 3. The van der Waals surface area contributed by atoms with Crippen LogP contribution in [0.25, 0.3) is 11.1 Å². The molecule has 4 heterocycles. The number of hydrogen-bond acceptors (Lipinski definition) is 9. The average molecular weight is 740 g/mol. The Balaban J connectivity index is 0.977. The Kier molecular flexibility index (Phi) is 12.2. The van der Waals surface area contributed by atoms with Gasteiger partial charge < -0.3 is 49.3 Å². The highest BCUT2D eigenvalue weighted by atomic mass is 16.6. The lowest BCUT2D eigenvalue weighted by molar-refractivity contribution is -0.116. The van der Waals surface area contributed by atoms with E-state index in [0.717, 1.165) is 24.0 Å². The quantitative estimate of drug-likeness (QED) is 0.0877. The Morgan fingerprint density at radius 2 is 1.76 bits per heavy atom. The first-order chi connectivity index (χ1) is 26.0. The van der Waals surface area contributed by atoms with Crippen LogP contribution in [0.3, 0.4) is 0 Å². The summed E-state index contributed by atoms with van der Waals surface area (Å²) in [6, 6.07) is 14.7. The summed E-state index contributed by atoms with van der Waals surface area (Å²) >= 11 is 0. The van der Waals surface area contributed by atoms with Crippen molar-refractivity contribution in [2.75, 3.05) is 44.0 Å². The van der Waals surface area contributed by atoms with Crippen LogP contribution < -0.4 is 25.4 Å². The number of methoxy groups -OCH3 is 1. The Morgan fingerprint density at radius 3 is 2.52 bits per heavy atom. The number of aromatic nitrogens is 2. The largest absolute Gasteiger partial charge is 0.493 e. The van der Waals surface area contributed by atoms with Crippen molar-refractivity contribution in [3.8, 4) is 22.6 Å². The first kappa shape index (κ1) is 38.3. The number of fused-ring (bicyclic) bond motifs is 2. The van der Waals surface area contributed by atoms with Gasteiger partial charge in [0.05, 0.1) is 49.0 Å². The van der Waals surface area contributed by atoms with Crippen LogP contribution in [0.5, 0.6) is 11.5 Å². The molecule has 14 heteroatoms. The summed E-state index contributed by atoms with van der Waals surface area (Å²) in [7, 11) is 5.12. The van der Waals surface area contributed by atoms with E-state index >= 15 is 0 Å². The van der Waals surface area contributed by atoms with Crippen molar-refractivity contribution in [3.05, 3.63) is 77.9 Å². The van der Waals surface area contributed by atoms with E-state index in [0.29, 0.717) is 77.7 Å². The molecule has 4 N–H and O–H groups in total. The predicted molar refractivity (Wildman–Crippen MR) is 207 cm³/mol. The van der Waals surface area contributed by atoms with E-state index in [1.54, 1.807) is 36.0 Å². The number of hydrogen-bond donors (Lipinski definition) is 4. The van der Waals surface area contributed by atoms with Gasteiger partial charge in [0.1, 0.15) is 5.69 Å². The molecule has 0 spiro atoms. The summed E-state index contributed by atoms with van der Waals surface area (Å²) in [5, 5.41) is 19.6. The zero-order valence-corrected chi connectivity index (χ0v) is 31.4. The normalized spacial score (nSPS) is 15.5. The summed E-state index contributed by atoms with van der Waals surface area (Å²) in [4.78, 5) is 45.5. The summed E-state index contributed by atoms with van der Waals surface area (Å²) in [6.45, 7) is 6.09. The molecule has 2 aliphatic heterocycles. The molecule has 0 radical (unpaired) electrons. The summed E-state index contributed by atoms with van der Waals surface area (Å²) in [5.41, 5.74) is 4.98. The second-order valence-electron chi connectivity index (χ2n) is 13.9. The Hall–Kier alpha value is -5.44. The molecule has 2 aliphatic rings. The first-order valence-corrected chi connectivity index (χ1v) is 18.3. The number of aryl methyl sites for hydroxylation is 2. The number of aliphatic hydroxyl groups is 1. The van der Waals surface area contributed by atoms with Gasteiger partial charge in [-0.1, -0.05) is 26.0 Å². The maximum absolute atomic E-state index is 13.2. The van der Waals surface area contributed by atoms with Gasteiger partial charge in [-0.3, -0.25) is 19.4 Å². The summed E-state index contributed by atoms with van der Waals surface area (Å²) in [6.07, 6.45) is 6.86. The van der Waals surface area contributed by atoms with Gasteiger partial charge in [0.15, 0.2) is 17.8 Å². The van der Waals surface area contributed by atoms with Gasteiger partial charge >= 0.3 is 0 Å². The molecule has 1 fully saturated rings. The SMILES string of the molecule is COc1cc2c(cc1OCCCC(=O)Nc1cc(C(=O)Nc3ccc(-c4cc(C(O)OCCNC(C)C)n(C)c4)cc3)n(C)c1)N=CC1CCCN1C2=O. The van der Waals surface area contributed by atoms with Crippen LogP contribution in [0.4, 0.5) is 17.1 Å². The topological polar surface area (TPSA) is 161 Å². The van der Waals surface area contributed by atoms with E-state index in [1.807, 2.05) is 59.3 Å². The number of amides is 3. The predicted octanol–water partition coefficient (Wildman–Crippen LogP) is 5.42. The highest BCUT2D eigenvalue weighted by Crippen LogP contribution is 2.38. The number of benzene rings is 2. The molecule has 3 amide bonds. The molecular weight excluding hydrogens is 690 g/mol. The zero-order chi connectivity index (χ0) is 38.4. The maximum atomic E-state index is 13.2. The number of nitrogens with one attached hydrogen (secondary N) is 3. The van der Waals surface area contributed by atoms with Gasteiger partial charge in [0.25, 0.3) is 11.8 Å². The van der Waals surface area contributed by atoms with Crippen molar-refractivity contribution in [2.24, 2.45) is 19.1 Å². The molecule has 14 nitrogen and oxygen atoms in total. The van der Waals surface area contributed by atoms with Crippen LogP contribution >= 0.6 is 0 Å². The van der Waals surface area contributed by atoms with Gasteiger partial charge in [-0.25, -0.2) is 0 Å². The molecule has 2 atom stereocenters. The molecule has 2 unspecified atom stereocenters. The first-order valence-electron chi connectivity index (χ1n) is 18.3. The van der Waals surface area contributed by atoms with Crippen molar-refractivity contribution in [3.63, 3.8) is 0 Å². The molecule has 0 aliphatic carbocycles. The van der Waals surface area contributed by atoms with Crippen molar-refractivity contribution >= 4 is 41.0 Å². The Labute approximate surface area is 315 Å². The number of carbonyl (C=O) groups is 3. The lowest BCUT2D eigenvalue weighted by atomic mass is 10.1. The lowest BCUT2D eigenvalue weighted by Gasteiger charge is -2.20. The van der Waals surface area contributed by atoms with Gasteiger partial charge in [-0.05, 0) is 60.7 Å². The third kappa shape index (κ3) is 9.01. The molecule has 4 aromatic rings. The summed E-state index contributed by atoms with van der Waals surface area (Å²) in [5.74, 6) is 0.285. The number of nitrogens with zero attached hydrogens (tertiary/aromatic N) is 4. The minimum atomic E-state index is -1.05. The Morgan fingerprint density at radius 1 is 0.963 bits per heavy atom. The number of aliphatic imine (C=N–C) groups is 1. The van der Waals surface area contributed by atoms with Gasteiger partial charge in [0, 0.05) is 70.0 Å². The van der Waals surface area contributed by atoms with Crippen LogP contribution in [0, 0.1) is 0 Å². The molecule has 0 saturated carbocycles. The monoisotopic (exact) mass is 739 g/mol. The third-order valence-corrected chi connectivity index (χ3v) is 9.49. The molecule has 6 rings (SSSR count). The lowest BCUT2D eigenvalue weighted by Crippen LogP contribution is -2.35. The second-order valence-corrected chi connectivity index (χ2v) is 13.9. The van der Waals surface area contributed by atoms with Crippen LogP contribution in [-0.4, -0.2) is 88.6 Å². The van der Waals surface area contributed by atoms with E-state index in [-0.39, 0.29) is 36.8 Å². The van der Waals surface area contributed by atoms with Crippen LogP contribution in [0.1, 0.15) is 72.4 Å². The van der Waals surface area contributed by atoms with Gasteiger partial charge in [0.2, 0.25) is 5.91 Å². The van der Waals surface area contributed by atoms with E-state index < -0.39 is 6.29 Å². The van der Waals surface area contributed by atoms with Crippen molar-refractivity contribution < 1.29 is 33.7 Å². The number of carbonyl (C=O) groups excluding carboxylic acids is 3.